The van der Waals surface area contributed by atoms with Crippen LogP contribution >= 0.6 is 22.9 Å². The van der Waals surface area contributed by atoms with Gasteiger partial charge in [0.1, 0.15) is 0 Å². The summed E-state index contributed by atoms with van der Waals surface area (Å²) in [4.78, 5) is 11.3. The van der Waals surface area contributed by atoms with Crippen LogP contribution in [0.1, 0.15) is 20.8 Å². The third-order valence-corrected chi connectivity index (χ3v) is 3.98. The molecule has 1 aromatic carbocycles. The highest BCUT2D eigenvalue weighted by molar-refractivity contribution is 7.21. The van der Waals surface area contributed by atoms with Gasteiger partial charge in [0.05, 0.1) is 9.90 Å². The molecule has 2 aromatic rings. The predicted octanol–water partition coefficient (Wildman–Crippen LogP) is 3.98. The maximum absolute atomic E-state index is 10.7. The average Bonchev–Trinajstić information content (AvgIpc) is 2.44. The molecule has 3 heteroatoms. The molecule has 0 aliphatic heterocycles. The van der Waals surface area contributed by atoms with E-state index in [0.717, 1.165) is 16.4 Å². The molecule has 72 valence electrons. The number of thiophene rings is 1. The zero-order chi connectivity index (χ0) is 10.3. The Morgan fingerprint density at radius 3 is 2.71 bits per heavy atom. The summed E-state index contributed by atoms with van der Waals surface area (Å²) in [5.74, 6) is 0. The fraction of sp³-hybridized carbons (Fsp3) is 0.182. The molecule has 0 amide bonds. The SMILES string of the molecule is Cc1cc(C)c2sc(C=O)c(Cl)c2c1. The Bertz CT molecular complexity index is 513. The Morgan fingerprint density at radius 2 is 2.07 bits per heavy atom. The number of benzene rings is 1. The first-order valence-corrected chi connectivity index (χ1v) is 5.47. The van der Waals surface area contributed by atoms with Crippen LogP contribution in [0.4, 0.5) is 0 Å². The van der Waals surface area contributed by atoms with E-state index in [0.29, 0.717) is 9.90 Å². The van der Waals surface area contributed by atoms with Crippen LogP contribution in [0.25, 0.3) is 10.1 Å². The fourth-order valence-corrected chi connectivity index (χ4v) is 2.94. The summed E-state index contributed by atoms with van der Waals surface area (Å²) in [6.07, 6.45) is 0.821. The Morgan fingerprint density at radius 1 is 1.36 bits per heavy atom. The first-order chi connectivity index (χ1) is 6.63. The molecule has 0 fully saturated rings. The van der Waals surface area contributed by atoms with Crippen molar-refractivity contribution < 1.29 is 4.79 Å². The highest BCUT2D eigenvalue weighted by atomic mass is 35.5. The molecule has 0 unspecified atom stereocenters. The summed E-state index contributed by atoms with van der Waals surface area (Å²) >= 11 is 7.54. The number of carbonyl (C=O) groups excluding carboxylic acids is 1. The molecule has 1 aromatic heterocycles. The summed E-state index contributed by atoms with van der Waals surface area (Å²) in [5, 5.41) is 1.59. The van der Waals surface area contributed by atoms with Crippen molar-refractivity contribution in [3.8, 4) is 0 Å². The van der Waals surface area contributed by atoms with Crippen LogP contribution in [-0.4, -0.2) is 6.29 Å². The molecule has 0 saturated heterocycles. The van der Waals surface area contributed by atoms with Gasteiger partial charge >= 0.3 is 0 Å². The predicted molar refractivity (Wildman–Crippen MR) is 61.7 cm³/mol. The lowest BCUT2D eigenvalue weighted by Crippen LogP contribution is -1.76. The van der Waals surface area contributed by atoms with E-state index < -0.39 is 0 Å². The number of fused-ring (bicyclic) bond motifs is 1. The van der Waals surface area contributed by atoms with Crippen molar-refractivity contribution in [2.75, 3.05) is 0 Å². The van der Waals surface area contributed by atoms with Crippen LogP contribution < -0.4 is 0 Å². The molecule has 0 radical (unpaired) electrons. The average molecular weight is 225 g/mol. The largest absolute Gasteiger partial charge is 0.297 e. The van der Waals surface area contributed by atoms with E-state index in [2.05, 4.69) is 6.07 Å². The van der Waals surface area contributed by atoms with Crippen LogP contribution in [0.5, 0.6) is 0 Å². The van der Waals surface area contributed by atoms with Crippen LogP contribution in [-0.2, 0) is 0 Å². The Kier molecular flexibility index (Phi) is 2.33. The van der Waals surface area contributed by atoms with E-state index in [1.165, 1.54) is 22.5 Å². The van der Waals surface area contributed by atoms with Crippen LogP contribution in [0.3, 0.4) is 0 Å². The second-order valence-corrected chi connectivity index (χ2v) is 4.79. The number of halogens is 1. The highest BCUT2D eigenvalue weighted by Crippen LogP contribution is 2.36. The van der Waals surface area contributed by atoms with E-state index in [9.17, 15) is 4.79 Å². The van der Waals surface area contributed by atoms with Crippen molar-refractivity contribution in [2.24, 2.45) is 0 Å². The standard InChI is InChI=1S/C11H9ClOS/c1-6-3-7(2)11-8(4-6)10(12)9(5-13)14-11/h3-5H,1-2H3. The molecule has 0 saturated carbocycles. The molecule has 1 heterocycles. The van der Waals surface area contributed by atoms with Gasteiger partial charge in [-0.1, -0.05) is 23.2 Å². The van der Waals surface area contributed by atoms with Crippen LogP contribution in [0, 0.1) is 13.8 Å². The first-order valence-electron chi connectivity index (χ1n) is 4.28. The third-order valence-electron chi connectivity index (χ3n) is 2.19. The second-order valence-electron chi connectivity index (χ2n) is 3.36. The maximum Gasteiger partial charge on any atom is 0.161 e. The topological polar surface area (TPSA) is 17.1 Å². The van der Waals surface area contributed by atoms with Crippen molar-refractivity contribution in [1.29, 1.82) is 0 Å². The molecule has 0 spiro atoms. The van der Waals surface area contributed by atoms with E-state index in [-0.39, 0.29) is 0 Å². The molecule has 0 atom stereocenters. The van der Waals surface area contributed by atoms with Crippen molar-refractivity contribution in [3.05, 3.63) is 33.2 Å². The number of aryl methyl sites for hydroxylation is 2. The number of carbonyl (C=O) groups is 1. The maximum atomic E-state index is 10.7. The zero-order valence-corrected chi connectivity index (χ0v) is 9.50. The first kappa shape index (κ1) is 9.69. The summed E-state index contributed by atoms with van der Waals surface area (Å²) in [7, 11) is 0. The van der Waals surface area contributed by atoms with Crippen LogP contribution in [0.2, 0.25) is 5.02 Å². The van der Waals surface area contributed by atoms with Gasteiger partial charge in [0, 0.05) is 10.1 Å². The van der Waals surface area contributed by atoms with Gasteiger partial charge in [-0.25, -0.2) is 0 Å². The molecule has 1 nitrogen and oxygen atoms in total. The van der Waals surface area contributed by atoms with Crippen molar-refractivity contribution >= 4 is 39.3 Å². The van der Waals surface area contributed by atoms with Gasteiger partial charge in [0.2, 0.25) is 0 Å². The third kappa shape index (κ3) is 1.35. The van der Waals surface area contributed by atoms with Gasteiger partial charge in [-0.2, -0.15) is 0 Å². The van der Waals surface area contributed by atoms with Crippen molar-refractivity contribution in [3.63, 3.8) is 0 Å². The molecular weight excluding hydrogens is 216 g/mol. The smallest absolute Gasteiger partial charge is 0.161 e. The molecule has 14 heavy (non-hydrogen) atoms. The van der Waals surface area contributed by atoms with Crippen molar-refractivity contribution in [2.45, 2.75) is 13.8 Å². The summed E-state index contributed by atoms with van der Waals surface area (Å²) in [5.41, 5.74) is 2.35. The lowest BCUT2D eigenvalue weighted by atomic mass is 10.1. The molecule has 2 rings (SSSR count). The minimum Gasteiger partial charge on any atom is -0.297 e. The van der Waals surface area contributed by atoms with E-state index in [1.807, 2.05) is 19.9 Å². The summed E-state index contributed by atoms with van der Waals surface area (Å²) in [6, 6.07) is 4.12. The molecule has 0 aliphatic carbocycles. The van der Waals surface area contributed by atoms with Gasteiger partial charge < -0.3 is 0 Å². The Balaban J connectivity index is 2.91. The quantitative estimate of drug-likeness (QED) is 0.670. The van der Waals surface area contributed by atoms with E-state index >= 15 is 0 Å². The highest BCUT2D eigenvalue weighted by Gasteiger charge is 2.11. The van der Waals surface area contributed by atoms with Gasteiger partial charge in [-0.3, -0.25) is 4.79 Å². The monoisotopic (exact) mass is 224 g/mol. The fourth-order valence-electron chi connectivity index (χ4n) is 1.62. The molecule has 0 N–H and O–H groups in total. The minimum atomic E-state index is 0.590. The van der Waals surface area contributed by atoms with E-state index in [1.54, 1.807) is 0 Å². The van der Waals surface area contributed by atoms with Crippen LogP contribution in [0.15, 0.2) is 12.1 Å². The van der Waals surface area contributed by atoms with Gasteiger partial charge in [-0.05, 0) is 25.5 Å². The normalized spacial score (nSPS) is 10.8. The molecule has 0 aliphatic rings. The van der Waals surface area contributed by atoms with Crippen molar-refractivity contribution in [1.82, 2.24) is 0 Å². The zero-order valence-electron chi connectivity index (χ0n) is 7.93. The van der Waals surface area contributed by atoms with Gasteiger partial charge in [0.25, 0.3) is 0 Å². The van der Waals surface area contributed by atoms with Gasteiger partial charge in [-0.15, -0.1) is 11.3 Å². The Labute approximate surface area is 91.3 Å². The summed E-state index contributed by atoms with van der Waals surface area (Å²) in [6.45, 7) is 4.07. The number of hydrogen-bond donors (Lipinski definition) is 0. The van der Waals surface area contributed by atoms with Gasteiger partial charge in [0.15, 0.2) is 6.29 Å². The lowest BCUT2D eigenvalue weighted by molar-refractivity contribution is 0.112. The number of aldehydes is 1. The number of rotatable bonds is 1. The minimum absolute atomic E-state index is 0.590. The second kappa shape index (κ2) is 3.37. The van der Waals surface area contributed by atoms with E-state index in [4.69, 9.17) is 11.6 Å². The molecule has 0 bridgehead atoms. The number of hydrogen-bond acceptors (Lipinski definition) is 2. The lowest BCUT2D eigenvalue weighted by Gasteiger charge is -1.98. The molecular formula is C11H9ClOS. The Hall–Kier alpha value is -0.860. The summed E-state index contributed by atoms with van der Waals surface area (Å²) < 4.78 is 1.11.